The Bertz CT molecular complexity index is 576. The molecular weight excluding hydrogens is 300 g/mol. The number of hydrogen-bond donors (Lipinski definition) is 0. The molecule has 0 spiro atoms. The second-order valence-corrected chi connectivity index (χ2v) is 4.49. The van der Waals surface area contributed by atoms with Crippen molar-refractivity contribution in [1.29, 1.82) is 0 Å². The van der Waals surface area contributed by atoms with Crippen molar-refractivity contribution in [3.8, 4) is 11.5 Å². The Kier molecular flexibility index (Phi) is 7.66. The summed E-state index contributed by atoms with van der Waals surface area (Å²) < 4.78 is 20.3. The molecule has 0 aliphatic carbocycles. The van der Waals surface area contributed by atoms with Crippen LogP contribution in [0.5, 0.6) is 11.5 Å². The maximum Gasteiger partial charge on any atom is 0.334 e. The predicted molar refractivity (Wildman–Crippen MR) is 85.4 cm³/mol. The topological polar surface area (TPSA) is 71.1 Å². The molecule has 0 radical (unpaired) electrons. The Labute approximate surface area is 136 Å². The van der Waals surface area contributed by atoms with Crippen molar-refractivity contribution in [1.82, 2.24) is 0 Å². The normalized spacial score (nSPS) is 10.9. The largest absolute Gasteiger partial charge is 0.493 e. The minimum Gasteiger partial charge on any atom is -0.493 e. The molecule has 0 amide bonds. The number of rotatable bonds is 8. The Morgan fingerprint density at radius 3 is 2.22 bits per heavy atom. The van der Waals surface area contributed by atoms with E-state index in [4.69, 9.17) is 18.9 Å². The van der Waals surface area contributed by atoms with Crippen molar-refractivity contribution in [2.75, 3.05) is 27.4 Å². The lowest BCUT2D eigenvalue weighted by atomic mass is 10.1. The van der Waals surface area contributed by atoms with Gasteiger partial charge in [-0.2, -0.15) is 0 Å². The van der Waals surface area contributed by atoms with E-state index in [0.717, 1.165) is 0 Å². The van der Waals surface area contributed by atoms with Crippen LogP contribution in [0, 0.1) is 0 Å². The van der Waals surface area contributed by atoms with Crippen molar-refractivity contribution >= 4 is 18.0 Å². The quantitative estimate of drug-likeness (QED) is 0.541. The second kappa shape index (κ2) is 9.50. The highest BCUT2D eigenvalue weighted by molar-refractivity contribution is 5.98. The van der Waals surface area contributed by atoms with Crippen LogP contribution in [0.15, 0.2) is 23.8 Å². The summed E-state index contributed by atoms with van der Waals surface area (Å²) in [4.78, 5) is 23.7. The number of ether oxygens (including phenoxy) is 4. The molecule has 1 aromatic carbocycles. The summed E-state index contributed by atoms with van der Waals surface area (Å²) >= 11 is 0. The highest BCUT2D eigenvalue weighted by Crippen LogP contribution is 2.28. The molecule has 0 atom stereocenters. The number of methoxy groups -OCH3 is 2. The van der Waals surface area contributed by atoms with E-state index in [-0.39, 0.29) is 25.2 Å². The van der Waals surface area contributed by atoms with E-state index in [0.29, 0.717) is 17.1 Å². The molecule has 0 bridgehead atoms. The zero-order chi connectivity index (χ0) is 17.2. The van der Waals surface area contributed by atoms with Crippen LogP contribution in [0.4, 0.5) is 0 Å². The van der Waals surface area contributed by atoms with E-state index in [1.54, 1.807) is 38.1 Å². The summed E-state index contributed by atoms with van der Waals surface area (Å²) in [7, 11) is 3.06. The van der Waals surface area contributed by atoms with Gasteiger partial charge in [-0.1, -0.05) is 6.07 Å². The molecule has 6 heteroatoms. The Morgan fingerprint density at radius 2 is 1.65 bits per heavy atom. The SMILES string of the molecule is CCOC(=O)C/C(=C/c1ccc(OC)c(OC)c1)C(=O)OCC. The molecule has 0 aromatic heterocycles. The fourth-order valence-electron chi connectivity index (χ4n) is 1.92. The van der Waals surface area contributed by atoms with Gasteiger partial charge in [0.1, 0.15) is 0 Å². The molecular formula is C17H22O6. The Morgan fingerprint density at radius 1 is 1.00 bits per heavy atom. The Balaban J connectivity index is 3.11. The summed E-state index contributed by atoms with van der Waals surface area (Å²) in [6.07, 6.45) is 1.43. The minimum absolute atomic E-state index is 0.152. The number of carbonyl (C=O) groups is 2. The number of esters is 2. The highest BCUT2D eigenvalue weighted by Gasteiger charge is 2.16. The molecule has 23 heavy (non-hydrogen) atoms. The van der Waals surface area contributed by atoms with Crippen LogP contribution in [-0.2, 0) is 19.1 Å². The molecule has 1 rings (SSSR count). The van der Waals surface area contributed by atoms with Gasteiger partial charge in [0.15, 0.2) is 11.5 Å². The van der Waals surface area contributed by atoms with E-state index in [9.17, 15) is 9.59 Å². The van der Waals surface area contributed by atoms with Crippen LogP contribution in [0.25, 0.3) is 6.08 Å². The smallest absolute Gasteiger partial charge is 0.334 e. The maximum atomic E-state index is 12.0. The van der Waals surface area contributed by atoms with Crippen LogP contribution < -0.4 is 9.47 Å². The van der Waals surface area contributed by atoms with E-state index in [1.165, 1.54) is 14.2 Å². The van der Waals surface area contributed by atoms with Gasteiger partial charge in [0, 0.05) is 5.57 Å². The van der Waals surface area contributed by atoms with E-state index in [2.05, 4.69) is 0 Å². The van der Waals surface area contributed by atoms with Gasteiger partial charge in [-0.05, 0) is 37.6 Å². The standard InChI is InChI=1S/C17H22O6/c1-5-22-16(18)11-13(17(19)23-6-2)9-12-7-8-14(20-3)15(10-12)21-4/h7-10H,5-6,11H2,1-4H3/b13-9-. The van der Waals surface area contributed by atoms with E-state index < -0.39 is 11.9 Å². The summed E-state index contributed by atoms with van der Waals surface area (Å²) in [5.74, 6) is 0.0796. The Hall–Kier alpha value is -2.50. The fraction of sp³-hybridized carbons (Fsp3) is 0.412. The molecule has 1 aromatic rings. The first-order chi connectivity index (χ1) is 11.0. The van der Waals surface area contributed by atoms with E-state index in [1.807, 2.05) is 0 Å². The summed E-state index contributed by atoms with van der Waals surface area (Å²) in [5.41, 5.74) is 0.910. The number of carbonyl (C=O) groups excluding carboxylic acids is 2. The van der Waals surface area contributed by atoms with Gasteiger partial charge < -0.3 is 18.9 Å². The first-order valence-corrected chi connectivity index (χ1v) is 7.31. The van der Waals surface area contributed by atoms with Gasteiger partial charge in [0.05, 0.1) is 33.9 Å². The van der Waals surface area contributed by atoms with Gasteiger partial charge in [-0.15, -0.1) is 0 Å². The monoisotopic (exact) mass is 322 g/mol. The van der Waals surface area contributed by atoms with E-state index >= 15 is 0 Å². The molecule has 0 saturated heterocycles. The molecule has 126 valence electrons. The summed E-state index contributed by atoms with van der Waals surface area (Å²) in [6, 6.07) is 5.19. The van der Waals surface area contributed by atoms with Crippen molar-refractivity contribution in [3.63, 3.8) is 0 Å². The molecule has 0 N–H and O–H groups in total. The third-order valence-electron chi connectivity index (χ3n) is 2.93. The first-order valence-electron chi connectivity index (χ1n) is 7.31. The highest BCUT2D eigenvalue weighted by atomic mass is 16.5. The average molecular weight is 322 g/mol. The van der Waals surface area contributed by atoms with Crippen LogP contribution in [0.3, 0.4) is 0 Å². The maximum absolute atomic E-state index is 12.0. The molecule has 6 nitrogen and oxygen atoms in total. The average Bonchev–Trinajstić information content (AvgIpc) is 2.54. The third-order valence-corrected chi connectivity index (χ3v) is 2.93. The lowest BCUT2D eigenvalue weighted by Crippen LogP contribution is -2.13. The molecule has 0 unspecified atom stereocenters. The van der Waals surface area contributed by atoms with Gasteiger partial charge >= 0.3 is 11.9 Å². The molecule has 0 fully saturated rings. The van der Waals surface area contributed by atoms with Gasteiger partial charge in [-0.3, -0.25) is 4.79 Å². The van der Waals surface area contributed by atoms with Crippen LogP contribution >= 0.6 is 0 Å². The van der Waals surface area contributed by atoms with Gasteiger partial charge in [-0.25, -0.2) is 4.79 Å². The first kappa shape index (κ1) is 18.5. The lowest BCUT2D eigenvalue weighted by Gasteiger charge is -2.10. The number of hydrogen-bond acceptors (Lipinski definition) is 6. The van der Waals surface area contributed by atoms with Crippen LogP contribution in [0.1, 0.15) is 25.8 Å². The molecule has 0 aliphatic rings. The number of benzene rings is 1. The molecule has 0 aliphatic heterocycles. The molecule has 0 saturated carbocycles. The minimum atomic E-state index is -0.546. The van der Waals surface area contributed by atoms with Gasteiger partial charge in [0.2, 0.25) is 0 Å². The summed E-state index contributed by atoms with van der Waals surface area (Å²) in [6.45, 7) is 3.90. The third kappa shape index (κ3) is 5.65. The van der Waals surface area contributed by atoms with Crippen molar-refractivity contribution in [2.24, 2.45) is 0 Å². The lowest BCUT2D eigenvalue weighted by molar-refractivity contribution is -0.145. The second-order valence-electron chi connectivity index (χ2n) is 4.49. The van der Waals surface area contributed by atoms with Crippen molar-refractivity contribution < 1.29 is 28.5 Å². The zero-order valence-corrected chi connectivity index (χ0v) is 13.9. The van der Waals surface area contributed by atoms with Crippen LogP contribution in [-0.4, -0.2) is 39.4 Å². The summed E-state index contributed by atoms with van der Waals surface area (Å²) in [5, 5.41) is 0. The van der Waals surface area contributed by atoms with Gasteiger partial charge in [0.25, 0.3) is 0 Å². The van der Waals surface area contributed by atoms with Crippen molar-refractivity contribution in [2.45, 2.75) is 20.3 Å². The fourth-order valence-corrected chi connectivity index (χ4v) is 1.92. The predicted octanol–water partition coefficient (Wildman–Crippen LogP) is 2.60. The molecule has 0 heterocycles. The van der Waals surface area contributed by atoms with Crippen molar-refractivity contribution in [3.05, 3.63) is 29.3 Å². The zero-order valence-electron chi connectivity index (χ0n) is 13.9. The van der Waals surface area contributed by atoms with Crippen LogP contribution in [0.2, 0.25) is 0 Å².